The molecule has 25 heavy (non-hydrogen) atoms. The SMILES string of the molecule is CSCC1CCN(C(=O)Nc2ccc(OC[C@H]3CCCO3)cc2)CC1. The van der Waals surface area contributed by atoms with Crippen LogP contribution in [0.25, 0.3) is 0 Å². The molecule has 2 aliphatic heterocycles. The van der Waals surface area contributed by atoms with Gasteiger partial charge in [-0.15, -0.1) is 0 Å². The van der Waals surface area contributed by atoms with Crippen LogP contribution in [0.5, 0.6) is 5.75 Å². The van der Waals surface area contributed by atoms with Gasteiger partial charge in [0.15, 0.2) is 0 Å². The van der Waals surface area contributed by atoms with Gasteiger partial charge in [-0.05, 0) is 67.9 Å². The Morgan fingerprint density at radius 3 is 2.68 bits per heavy atom. The third-order valence-corrected chi connectivity index (χ3v) is 5.67. The summed E-state index contributed by atoms with van der Waals surface area (Å²) in [6.45, 7) is 3.13. The first-order valence-electron chi connectivity index (χ1n) is 9.14. The second kappa shape index (κ2) is 9.34. The van der Waals surface area contributed by atoms with Crippen molar-refractivity contribution in [2.24, 2.45) is 5.92 Å². The highest BCUT2D eigenvalue weighted by molar-refractivity contribution is 7.98. The summed E-state index contributed by atoms with van der Waals surface area (Å²) in [6, 6.07) is 7.58. The van der Waals surface area contributed by atoms with Crippen molar-refractivity contribution in [1.82, 2.24) is 4.90 Å². The van der Waals surface area contributed by atoms with Crippen LogP contribution in [0, 0.1) is 5.92 Å². The van der Waals surface area contributed by atoms with Gasteiger partial charge in [0.1, 0.15) is 12.4 Å². The molecule has 2 heterocycles. The first-order valence-corrected chi connectivity index (χ1v) is 10.5. The Morgan fingerprint density at radius 1 is 1.28 bits per heavy atom. The van der Waals surface area contributed by atoms with Gasteiger partial charge in [-0.25, -0.2) is 4.79 Å². The molecule has 1 aromatic rings. The van der Waals surface area contributed by atoms with E-state index in [1.54, 1.807) is 0 Å². The third-order valence-electron chi connectivity index (χ3n) is 4.87. The van der Waals surface area contributed by atoms with Crippen LogP contribution in [0.4, 0.5) is 10.5 Å². The predicted octanol–water partition coefficient (Wildman–Crippen LogP) is 3.85. The number of nitrogens with one attached hydrogen (secondary N) is 1. The monoisotopic (exact) mass is 364 g/mol. The lowest BCUT2D eigenvalue weighted by Crippen LogP contribution is -2.41. The van der Waals surface area contributed by atoms with Crippen molar-refractivity contribution in [3.8, 4) is 5.75 Å². The Kier molecular flexibility index (Phi) is 6.87. The number of ether oxygens (including phenoxy) is 2. The van der Waals surface area contributed by atoms with Crippen LogP contribution in [-0.4, -0.2) is 55.3 Å². The normalized spacial score (nSPS) is 21.3. The summed E-state index contributed by atoms with van der Waals surface area (Å²) in [7, 11) is 0. The van der Waals surface area contributed by atoms with Crippen LogP contribution in [0.15, 0.2) is 24.3 Å². The van der Waals surface area contributed by atoms with Gasteiger partial charge < -0.3 is 19.7 Å². The Balaban J connectivity index is 1.42. The summed E-state index contributed by atoms with van der Waals surface area (Å²) in [5.41, 5.74) is 0.806. The molecule has 0 spiro atoms. The summed E-state index contributed by atoms with van der Waals surface area (Å²) >= 11 is 1.89. The average molecular weight is 365 g/mol. The number of hydrogen-bond donors (Lipinski definition) is 1. The molecule has 138 valence electrons. The average Bonchev–Trinajstić information content (AvgIpc) is 3.15. The summed E-state index contributed by atoms with van der Waals surface area (Å²) in [5, 5.41) is 2.98. The molecule has 0 aromatic heterocycles. The molecule has 0 radical (unpaired) electrons. The number of piperidine rings is 1. The zero-order valence-electron chi connectivity index (χ0n) is 14.9. The summed E-state index contributed by atoms with van der Waals surface area (Å²) in [6.07, 6.45) is 6.75. The number of amides is 2. The van der Waals surface area contributed by atoms with Crippen LogP contribution in [0.2, 0.25) is 0 Å². The molecule has 1 N–H and O–H groups in total. The highest BCUT2D eigenvalue weighted by Gasteiger charge is 2.22. The highest BCUT2D eigenvalue weighted by Crippen LogP contribution is 2.22. The smallest absolute Gasteiger partial charge is 0.321 e. The molecule has 0 saturated carbocycles. The summed E-state index contributed by atoms with van der Waals surface area (Å²) in [4.78, 5) is 14.3. The Morgan fingerprint density at radius 2 is 2.04 bits per heavy atom. The number of likely N-dealkylation sites (tertiary alicyclic amines) is 1. The van der Waals surface area contributed by atoms with E-state index in [1.165, 1.54) is 5.75 Å². The van der Waals surface area contributed by atoms with Gasteiger partial charge >= 0.3 is 6.03 Å². The molecule has 1 aromatic carbocycles. The standard InChI is InChI=1S/C19H28N2O3S/c1-25-14-15-8-10-21(11-9-15)19(22)20-16-4-6-17(7-5-16)24-13-18-3-2-12-23-18/h4-7,15,18H,2-3,8-14H2,1H3,(H,20,22)/t18-/m1/s1. The minimum Gasteiger partial charge on any atom is -0.491 e. The number of rotatable bonds is 6. The highest BCUT2D eigenvalue weighted by atomic mass is 32.2. The molecule has 2 fully saturated rings. The van der Waals surface area contributed by atoms with E-state index in [0.29, 0.717) is 6.61 Å². The number of hydrogen-bond acceptors (Lipinski definition) is 4. The Labute approximate surface area is 154 Å². The Hall–Kier alpha value is -1.40. The first-order chi connectivity index (χ1) is 12.2. The summed E-state index contributed by atoms with van der Waals surface area (Å²) in [5.74, 6) is 2.76. The minimum absolute atomic E-state index is 0.00405. The van der Waals surface area contributed by atoms with Crippen molar-refractivity contribution in [2.75, 3.05) is 43.6 Å². The van der Waals surface area contributed by atoms with E-state index >= 15 is 0 Å². The lowest BCUT2D eigenvalue weighted by molar-refractivity contribution is 0.0679. The van der Waals surface area contributed by atoms with E-state index in [-0.39, 0.29) is 12.1 Å². The van der Waals surface area contributed by atoms with Gasteiger partial charge in [0.25, 0.3) is 0 Å². The van der Waals surface area contributed by atoms with Crippen molar-refractivity contribution in [3.63, 3.8) is 0 Å². The molecular formula is C19H28N2O3S. The van der Waals surface area contributed by atoms with Crippen molar-refractivity contribution in [2.45, 2.75) is 31.8 Å². The van der Waals surface area contributed by atoms with E-state index in [4.69, 9.17) is 9.47 Å². The Bertz CT molecular complexity index is 538. The predicted molar refractivity (Wildman–Crippen MR) is 103 cm³/mol. The summed E-state index contributed by atoms with van der Waals surface area (Å²) < 4.78 is 11.3. The van der Waals surface area contributed by atoms with Crippen LogP contribution in [-0.2, 0) is 4.74 Å². The van der Waals surface area contributed by atoms with E-state index in [2.05, 4.69) is 11.6 Å². The van der Waals surface area contributed by atoms with E-state index in [1.807, 2.05) is 40.9 Å². The molecular weight excluding hydrogens is 336 g/mol. The first kappa shape index (κ1) is 18.4. The topological polar surface area (TPSA) is 50.8 Å². The number of carbonyl (C=O) groups excluding carboxylic acids is 1. The molecule has 2 saturated heterocycles. The molecule has 6 heteroatoms. The number of nitrogens with zero attached hydrogens (tertiary/aromatic N) is 1. The fourth-order valence-corrected chi connectivity index (χ4v) is 4.15. The molecule has 5 nitrogen and oxygen atoms in total. The largest absolute Gasteiger partial charge is 0.491 e. The zero-order chi connectivity index (χ0) is 17.5. The molecule has 0 bridgehead atoms. The van der Waals surface area contributed by atoms with Gasteiger partial charge in [0.2, 0.25) is 0 Å². The molecule has 0 unspecified atom stereocenters. The van der Waals surface area contributed by atoms with Crippen LogP contribution >= 0.6 is 11.8 Å². The van der Waals surface area contributed by atoms with Gasteiger partial charge in [-0.1, -0.05) is 0 Å². The van der Waals surface area contributed by atoms with Crippen molar-refractivity contribution >= 4 is 23.5 Å². The van der Waals surface area contributed by atoms with Crippen molar-refractivity contribution in [1.29, 1.82) is 0 Å². The quantitative estimate of drug-likeness (QED) is 0.833. The molecule has 2 amide bonds. The maximum Gasteiger partial charge on any atom is 0.321 e. The van der Waals surface area contributed by atoms with Crippen LogP contribution in [0.3, 0.4) is 0 Å². The number of carbonyl (C=O) groups is 1. The van der Waals surface area contributed by atoms with E-state index in [9.17, 15) is 4.79 Å². The zero-order valence-corrected chi connectivity index (χ0v) is 15.7. The second-order valence-electron chi connectivity index (χ2n) is 6.79. The third kappa shape index (κ3) is 5.54. The van der Waals surface area contributed by atoms with Crippen molar-refractivity contribution < 1.29 is 14.3 Å². The van der Waals surface area contributed by atoms with Gasteiger partial charge in [0, 0.05) is 25.4 Å². The fourth-order valence-electron chi connectivity index (χ4n) is 3.34. The fraction of sp³-hybridized carbons (Fsp3) is 0.632. The van der Waals surface area contributed by atoms with Crippen molar-refractivity contribution in [3.05, 3.63) is 24.3 Å². The van der Waals surface area contributed by atoms with Gasteiger partial charge in [-0.3, -0.25) is 0 Å². The van der Waals surface area contributed by atoms with Gasteiger partial charge in [-0.2, -0.15) is 11.8 Å². The number of thioether (sulfide) groups is 1. The maximum absolute atomic E-state index is 12.4. The molecule has 0 aliphatic carbocycles. The molecule has 2 aliphatic rings. The van der Waals surface area contributed by atoms with Crippen LogP contribution in [0.1, 0.15) is 25.7 Å². The molecule has 3 rings (SSSR count). The lowest BCUT2D eigenvalue weighted by Gasteiger charge is -2.31. The second-order valence-corrected chi connectivity index (χ2v) is 7.70. The number of benzene rings is 1. The van der Waals surface area contributed by atoms with Crippen LogP contribution < -0.4 is 10.1 Å². The number of anilines is 1. The molecule has 1 atom stereocenters. The number of urea groups is 1. The van der Waals surface area contributed by atoms with Gasteiger partial charge in [0.05, 0.1) is 6.10 Å². The van der Waals surface area contributed by atoms with E-state index < -0.39 is 0 Å². The van der Waals surface area contributed by atoms with E-state index in [0.717, 1.165) is 62.7 Å². The maximum atomic E-state index is 12.4. The lowest BCUT2D eigenvalue weighted by atomic mass is 9.99. The minimum atomic E-state index is -0.00405.